The van der Waals surface area contributed by atoms with Crippen LogP contribution >= 0.6 is 0 Å². The average molecular weight is 446 g/mol. The zero-order valence-electron chi connectivity index (χ0n) is 16.9. The summed E-state index contributed by atoms with van der Waals surface area (Å²) in [6.07, 6.45) is 0.144. The third-order valence-corrected chi connectivity index (χ3v) is 3.86. The maximum atomic E-state index is 12.1. The first-order valence-electron chi connectivity index (χ1n) is 9.28. The van der Waals surface area contributed by atoms with Crippen molar-refractivity contribution >= 4 is 35.6 Å². The van der Waals surface area contributed by atoms with E-state index >= 15 is 0 Å². The van der Waals surface area contributed by atoms with Crippen LogP contribution in [-0.4, -0.2) is 83.6 Å². The van der Waals surface area contributed by atoms with Crippen molar-refractivity contribution < 1.29 is 34.2 Å². The van der Waals surface area contributed by atoms with Crippen LogP contribution in [0.15, 0.2) is 4.99 Å². The van der Waals surface area contributed by atoms with Crippen LogP contribution in [0.4, 0.5) is 0 Å². The van der Waals surface area contributed by atoms with Crippen molar-refractivity contribution in [3.05, 3.63) is 0 Å². The number of carboxylic acids is 1. The molecule has 0 saturated heterocycles. The number of carbonyl (C=O) groups excluding carboxylic acids is 4. The number of nitrogens with two attached hydrogens (primary N) is 4. The number of aliphatic carboxylic acids is 1. The number of aliphatic hydroxyl groups excluding tert-OH is 1. The minimum atomic E-state index is -1.38. The average Bonchev–Trinajstić information content (AvgIpc) is 2.69. The number of hydrogen-bond acceptors (Lipinski definition) is 8. The van der Waals surface area contributed by atoms with Crippen LogP contribution < -0.4 is 38.9 Å². The lowest BCUT2D eigenvalue weighted by Crippen LogP contribution is -2.54. The predicted molar refractivity (Wildman–Crippen MR) is 108 cm³/mol. The smallest absolute Gasteiger partial charge is 0.326 e. The van der Waals surface area contributed by atoms with Crippen molar-refractivity contribution in [1.29, 1.82) is 0 Å². The van der Waals surface area contributed by atoms with E-state index in [1.165, 1.54) is 0 Å². The van der Waals surface area contributed by atoms with Gasteiger partial charge in [0.2, 0.25) is 23.6 Å². The monoisotopic (exact) mass is 446 g/mol. The van der Waals surface area contributed by atoms with Crippen LogP contribution in [0.5, 0.6) is 0 Å². The Labute approximate surface area is 178 Å². The van der Waals surface area contributed by atoms with Crippen LogP contribution in [0.25, 0.3) is 0 Å². The maximum Gasteiger partial charge on any atom is 0.326 e. The van der Waals surface area contributed by atoms with Gasteiger partial charge >= 0.3 is 5.97 Å². The number of aliphatic imine (C=N–C) groups is 1. The summed E-state index contributed by atoms with van der Waals surface area (Å²) in [5, 5.41) is 24.9. The Morgan fingerprint density at radius 1 is 0.935 bits per heavy atom. The SMILES string of the molecule is NC(=O)CCC(NC(=O)CNC(=O)C(CO)NC(=O)C(N)CCCN=C(N)N)C(=O)O. The van der Waals surface area contributed by atoms with Gasteiger partial charge in [0.15, 0.2) is 5.96 Å². The largest absolute Gasteiger partial charge is 0.480 e. The summed E-state index contributed by atoms with van der Waals surface area (Å²) in [5.41, 5.74) is 21.0. The van der Waals surface area contributed by atoms with E-state index in [1.807, 2.05) is 0 Å². The van der Waals surface area contributed by atoms with Gasteiger partial charge in [0.05, 0.1) is 19.2 Å². The van der Waals surface area contributed by atoms with Crippen LogP contribution in [0.3, 0.4) is 0 Å². The van der Waals surface area contributed by atoms with E-state index < -0.39 is 60.9 Å². The van der Waals surface area contributed by atoms with E-state index in [9.17, 15) is 29.1 Å². The van der Waals surface area contributed by atoms with Gasteiger partial charge in [0, 0.05) is 13.0 Å². The molecule has 0 rings (SSSR count). The minimum Gasteiger partial charge on any atom is -0.480 e. The van der Waals surface area contributed by atoms with E-state index in [4.69, 9.17) is 28.0 Å². The van der Waals surface area contributed by atoms with Gasteiger partial charge in [-0.3, -0.25) is 24.2 Å². The molecule has 0 radical (unpaired) electrons. The standard InChI is InChI=1S/C16H30N8O7/c17-8(2-1-5-21-16(19)20)13(28)24-10(7-25)14(29)22-6-12(27)23-9(15(30)31)3-4-11(18)26/h8-10,25H,1-7,17H2,(H2,18,26)(H,22,29)(H,23,27)(H,24,28)(H,30,31)(H4,19,20,21). The van der Waals surface area contributed by atoms with Gasteiger partial charge in [-0.2, -0.15) is 0 Å². The normalized spacial score (nSPS) is 13.2. The van der Waals surface area contributed by atoms with Crippen molar-refractivity contribution in [1.82, 2.24) is 16.0 Å². The van der Waals surface area contributed by atoms with Gasteiger partial charge in [0.25, 0.3) is 0 Å². The molecule has 4 amide bonds. The van der Waals surface area contributed by atoms with Crippen LogP contribution in [-0.2, 0) is 24.0 Å². The molecule has 0 aromatic rings. The van der Waals surface area contributed by atoms with E-state index in [-0.39, 0.29) is 31.8 Å². The summed E-state index contributed by atoms with van der Waals surface area (Å²) in [6, 6.07) is -3.74. The summed E-state index contributed by atoms with van der Waals surface area (Å²) in [5.74, 6) is -4.66. The summed E-state index contributed by atoms with van der Waals surface area (Å²) in [6.45, 7) is -1.13. The van der Waals surface area contributed by atoms with Crippen LogP contribution in [0.2, 0.25) is 0 Å². The zero-order valence-corrected chi connectivity index (χ0v) is 16.9. The third kappa shape index (κ3) is 12.7. The quantitative estimate of drug-likeness (QED) is 0.0654. The molecule has 0 saturated carbocycles. The first kappa shape index (κ1) is 27.5. The lowest BCUT2D eigenvalue weighted by Gasteiger charge is -2.19. The second-order valence-electron chi connectivity index (χ2n) is 6.48. The molecular weight excluding hydrogens is 416 g/mol. The number of carbonyl (C=O) groups is 5. The second-order valence-corrected chi connectivity index (χ2v) is 6.48. The summed E-state index contributed by atoms with van der Waals surface area (Å²) < 4.78 is 0. The topological polar surface area (TPSA) is 278 Å². The van der Waals surface area contributed by atoms with Crippen molar-refractivity contribution in [3.63, 3.8) is 0 Å². The van der Waals surface area contributed by atoms with Gasteiger partial charge in [0.1, 0.15) is 12.1 Å². The van der Waals surface area contributed by atoms with E-state index in [0.29, 0.717) is 6.42 Å². The summed E-state index contributed by atoms with van der Waals surface area (Å²) in [7, 11) is 0. The van der Waals surface area contributed by atoms with Gasteiger partial charge < -0.3 is 49.1 Å². The van der Waals surface area contributed by atoms with Gasteiger partial charge in [-0.1, -0.05) is 0 Å². The molecule has 3 atom stereocenters. The molecule has 13 N–H and O–H groups in total. The van der Waals surface area contributed by atoms with E-state index in [0.717, 1.165) is 0 Å². The Morgan fingerprint density at radius 3 is 2.10 bits per heavy atom. The molecule has 0 fully saturated rings. The molecule has 15 nitrogen and oxygen atoms in total. The van der Waals surface area contributed by atoms with Gasteiger partial charge in [-0.15, -0.1) is 0 Å². The number of primary amides is 1. The minimum absolute atomic E-state index is 0.0957. The highest BCUT2D eigenvalue weighted by Gasteiger charge is 2.24. The highest BCUT2D eigenvalue weighted by atomic mass is 16.4. The summed E-state index contributed by atoms with van der Waals surface area (Å²) in [4.78, 5) is 61.5. The van der Waals surface area contributed by atoms with Crippen LogP contribution in [0, 0.1) is 0 Å². The fourth-order valence-corrected chi connectivity index (χ4v) is 2.20. The molecule has 0 heterocycles. The molecule has 0 aromatic heterocycles. The predicted octanol–water partition coefficient (Wildman–Crippen LogP) is -5.20. The van der Waals surface area contributed by atoms with Gasteiger partial charge in [-0.25, -0.2) is 4.79 Å². The molecule has 0 aliphatic heterocycles. The molecule has 3 unspecified atom stereocenters. The molecule has 31 heavy (non-hydrogen) atoms. The number of carboxylic acid groups (broad SMARTS) is 1. The highest BCUT2D eigenvalue weighted by Crippen LogP contribution is 1.98. The molecular formula is C16H30N8O7. The molecule has 0 spiro atoms. The lowest BCUT2D eigenvalue weighted by molar-refractivity contribution is -0.142. The number of rotatable bonds is 15. The Hall–Kier alpha value is -3.46. The van der Waals surface area contributed by atoms with Crippen molar-refractivity contribution in [2.24, 2.45) is 27.9 Å². The van der Waals surface area contributed by atoms with E-state index in [1.54, 1.807) is 0 Å². The first-order valence-corrected chi connectivity index (χ1v) is 9.28. The van der Waals surface area contributed by atoms with E-state index in [2.05, 4.69) is 20.9 Å². The van der Waals surface area contributed by atoms with Gasteiger partial charge in [-0.05, 0) is 19.3 Å². The molecule has 15 heteroatoms. The fraction of sp³-hybridized carbons (Fsp3) is 0.625. The molecule has 176 valence electrons. The number of aliphatic hydroxyl groups is 1. The Bertz CT molecular complexity index is 681. The number of guanidine groups is 1. The lowest BCUT2D eigenvalue weighted by atomic mass is 10.1. The first-order chi connectivity index (χ1) is 14.5. The van der Waals surface area contributed by atoms with Crippen molar-refractivity contribution in [2.75, 3.05) is 19.7 Å². The Kier molecular flexibility index (Phi) is 12.9. The van der Waals surface area contributed by atoms with Crippen molar-refractivity contribution in [3.8, 4) is 0 Å². The maximum absolute atomic E-state index is 12.1. The highest BCUT2D eigenvalue weighted by molar-refractivity contribution is 5.92. The molecule has 0 aliphatic carbocycles. The second kappa shape index (κ2) is 14.5. The number of amides is 4. The molecule has 0 aliphatic rings. The summed E-state index contributed by atoms with van der Waals surface area (Å²) >= 11 is 0. The number of hydrogen-bond donors (Lipinski definition) is 9. The Morgan fingerprint density at radius 2 is 1.58 bits per heavy atom. The molecule has 0 aromatic carbocycles. The number of nitrogens with zero attached hydrogens (tertiary/aromatic N) is 1. The van der Waals surface area contributed by atoms with Crippen molar-refractivity contribution in [2.45, 2.75) is 43.8 Å². The fourth-order valence-electron chi connectivity index (χ4n) is 2.20. The Balaban J connectivity index is 4.53. The number of nitrogens with one attached hydrogen (secondary N) is 3. The third-order valence-electron chi connectivity index (χ3n) is 3.86. The zero-order chi connectivity index (χ0) is 24.0. The van der Waals surface area contributed by atoms with Crippen LogP contribution in [0.1, 0.15) is 25.7 Å². The molecule has 0 bridgehead atoms.